The molecule has 1 saturated carbocycles. The predicted molar refractivity (Wildman–Crippen MR) is 81.5 cm³/mol. The lowest BCUT2D eigenvalue weighted by Crippen LogP contribution is -2.53. The summed E-state index contributed by atoms with van der Waals surface area (Å²) >= 11 is 0. The van der Waals surface area contributed by atoms with Gasteiger partial charge in [-0.2, -0.15) is 0 Å². The van der Waals surface area contributed by atoms with Crippen LogP contribution >= 0.6 is 0 Å². The molecule has 0 radical (unpaired) electrons. The second kappa shape index (κ2) is 6.72. The molecule has 4 nitrogen and oxygen atoms in total. The number of nitrogens with zero attached hydrogens (tertiary/aromatic N) is 2. The monoisotopic (exact) mass is 279 g/mol. The zero-order chi connectivity index (χ0) is 14.6. The van der Waals surface area contributed by atoms with Crippen LogP contribution in [0.1, 0.15) is 51.8 Å². The Morgan fingerprint density at radius 3 is 3.00 bits per heavy atom. The number of rotatable bonds is 6. The molecule has 114 valence electrons. The van der Waals surface area contributed by atoms with E-state index in [2.05, 4.69) is 23.4 Å². The third kappa shape index (κ3) is 3.41. The highest BCUT2D eigenvalue weighted by atomic mass is 16.5. The molecule has 1 aromatic rings. The van der Waals surface area contributed by atoms with Gasteiger partial charge in [-0.15, -0.1) is 0 Å². The van der Waals surface area contributed by atoms with Crippen LogP contribution in [-0.4, -0.2) is 27.8 Å². The Morgan fingerprint density at radius 2 is 2.40 bits per heavy atom. The maximum atomic E-state index is 6.54. The summed E-state index contributed by atoms with van der Waals surface area (Å²) < 4.78 is 8.22. The summed E-state index contributed by atoms with van der Waals surface area (Å²) in [6.45, 7) is 5.15. The summed E-state index contributed by atoms with van der Waals surface area (Å²) in [5.41, 5.74) is 6.42. The molecule has 0 amide bonds. The van der Waals surface area contributed by atoms with Crippen molar-refractivity contribution in [2.75, 3.05) is 6.61 Å². The van der Waals surface area contributed by atoms with Crippen molar-refractivity contribution in [1.29, 1.82) is 0 Å². The van der Waals surface area contributed by atoms with E-state index in [0.29, 0.717) is 0 Å². The van der Waals surface area contributed by atoms with Crippen molar-refractivity contribution in [3.8, 4) is 0 Å². The summed E-state index contributed by atoms with van der Waals surface area (Å²) in [5, 5.41) is 0. The topological polar surface area (TPSA) is 53.1 Å². The van der Waals surface area contributed by atoms with Crippen molar-refractivity contribution in [3.05, 3.63) is 18.2 Å². The van der Waals surface area contributed by atoms with Crippen LogP contribution in [0.3, 0.4) is 0 Å². The first-order chi connectivity index (χ1) is 9.57. The average Bonchev–Trinajstić information content (AvgIpc) is 2.82. The largest absolute Gasteiger partial charge is 0.374 e. The molecule has 0 spiro atoms. The molecule has 1 fully saturated rings. The Balaban J connectivity index is 1.99. The summed E-state index contributed by atoms with van der Waals surface area (Å²) in [5.74, 6) is 1.82. The molecule has 0 aromatic carbocycles. The van der Waals surface area contributed by atoms with E-state index >= 15 is 0 Å². The minimum absolute atomic E-state index is 0.0990. The van der Waals surface area contributed by atoms with Gasteiger partial charge in [0, 0.05) is 38.5 Å². The second-order valence-corrected chi connectivity index (χ2v) is 6.30. The Kier molecular flexibility index (Phi) is 5.22. The molecule has 20 heavy (non-hydrogen) atoms. The fourth-order valence-corrected chi connectivity index (χ4v) is 3.59. The number of ether oxygens (including phenoxy) is 1. The number of nitrogens with two attached hydrogens (primary N) is 1. The highest BCUT2D eigenvalue weighted by Crippen LogP contribution is 2.38. The quantitative estimate of drug-likeness (QED) is 0.871. The molecule has 1 aromatic heterocycles. The fraction of sp³-hybridized carbons (Fsp3) is 0.812. The standard InChI is InChI=1S/C16H29N3O/c1-4-20-16(9-5-6-13(2)12-16)14(17)7-8-15-18-10-11-19(15)3/h10-11,13-14H,4-9,12,17H2,1-3H3. The molecule has 1 heterocycles. The van der Waals surface area contributed by atoms with E-state index in [1.165, 1.54) is 12.8 Å². The molecule has 0 bridgehead atoms. The summed E-state index contributed by atoms with van der Waals surface area (Å²) in [4.78, 5) is 4.38. The minimum Gasteiger partial charge on any atom is -0.374 e. The SMILES string of the molecule is CCOC1(C(N)CCc2nccn2C)CCCC(C)C1. The molecule has 0 saturated heterocycles. The number of aromatic nitrogens is 2. The van der Waals surface area contributed by atoms with Gasteiger partial charge in [-0.25, -0.2) is 4.98 Å². The van der Waals surface area contributed by atoms with Crippen LogP contribution in [0, 0.1) is 5.92 Å². The number of hydrogen-bond acceptors (Lipinski definition) is 3. The van der Waals surface area contributed by atoms with E-state index in [9.17, 15) is 0 Å². The van der Waals surface area contributed by atoms with Crippen molar-refractivity contribution >= 4 is 0 Å². The molecular formula is C16H29N3O. The smallest absolute Gasteiger partial charge is 0.108 e. The highest BCUT2D eigenvalue weighted by Gasteiger charge is 2.40. The van der Waals surface area contributed by atoms with Gasteiger partial charge in [0.1, 0.15) is 5.82 Å². The lowest BCUT2D eigenvalue weighted by atomic mass is 9.73. The molecule has 2 N–H and O–H groups in total. The Morgan fingerprint density at radius 1 is 1.60 bits per heavy atom. The first-order valence-electron chi connectivity index (χ1n) is 7.93. The van der Waals surface area contributed by atoms with Crippen LogP contribution in [0.2, 0.25) is 0 Å². The summed E-state index contributed by atoms with van der Waals surface area (Å²) in [6, 6.07) is 0.0990. The first-order valence-corrected chi connectivity index (χ1v) is 7.93. The van der Waals surface area contributed by atoms with Crippen molar-refractivity contribution in [3.63, 3.8) is 0 Å². The van der Waals surface area contributed by atoms with Crippen LogP contribution in [0.4, 0.5) is 0 Å². The zero-order valence-electron chi connectivity index (χ0n) is 13.1. The summed E-state index contributed by atoms with van der Waals surface area (Å²) in [6.07, 6.45) is 10.4. The van der Waals surface area contributed by atoms with Crippen LogP contribution in [0.5, 0.6) is 0 Å². The zero-order valence-corrected chi connectivity index (χ0v) is 13.1. The third-order valence-electron chi connectivity index (χ3n) is 4.70. The van der Waals surface area contributed by atoms with Gasteiger partial charge in [0.25, 0.3) is 0 Å². The fourth-order valence-electron chi connectivity index (χ4n) is 3.59. The van der Waals surface area contributed by atoms with E-state index in [-0.39, 0.29) is 11.6 Å². The number of hydrogen-bond donors (Lipinski definition) is 1. The second-order valence-electron chi connectivity index (χ2n) is 6.30. The van der Waals surface area contributed by atoms with Gasteiger partial charge in [-0.1, -0.05) is 19.8 Å². The van der Waals surface area contributed by atoms with E-state index in [1.54, 1.807) is 0 Å². The maximum Gasteiger partial charge on any atom is 0.108 e. The van der Waals surface area contributed by atoms with Crippen molar-refractivity contribution < 1.29 is 4.74 Å². The minimum atomic E-state index is -0.114. The predicted octanol–water partition coefficient (Wildman–Crippen LogP) is 2.67. The van der Waals surface area contributed by atoms with E-state index in [0.717, 1.165) is 44.0 Å². The van der Waals surface area contributed by atoms with Crippen molar-refractivity contribution in [1.82, 2.24) is 9.55 Å². The normalized spacial score (nSPS) is 28.5. The molecule has 1 aliphatic rings. The Hall–Kier alpha value is -0.870. The van der Waals surface area contributed by atoms with Crippen LogP contribution in [0.15, 0.2) is 12.4 Å². The van der Waals surface area contributed by atoms with Gasteiger partial charge in [-0.3, -0.25) is 0 Å². The number of imidazole rings is 1. The van der Waals surface area contributed by atoms with Crippen LogP contribution in [-0.2, 0) is 18.2 Å². The van der Waals surface area contributed by atoms with E-state index in [1.807, 2.05) is 19.4 Å². The first kappa shape index (κ1) is 15.5. The van der Waals surface area contributed by atoms with Gasteiger partial charge in [-0.05, 0) is 32.1 Å². The molecule has 1 aliphatic carbocycles. The average molecular weight is 279 g/mol. The Bertz CT molecular complexity index is 414. The van der Waals surface area contributed by atoms with Crippen LogP contribution in [0.25, 0.3) is 0 Å². The van der Waals surface area contributed by atoms with Gasteiger partial charge >= 0.3 is 0 Å². The van der Waals surface area contributed by atoms with Crippen molar-refractivity contribution in [2.24, 2.45) is 18.7 Å². The molecule has 2 rings (SSSR count). The van der Waals surface area contributed by atoms with Crippen molar-refractivity contribution in [2.45, 2.75) is 64.0 Å². The van der Waals surface area contributed by atoms with Gasteiger partial charge in [0.15, 0.2) is 0 Å². The molecule has 3 atom stereocenters. The lowest BCUT2D eigenvalue weighted by molar-refractivity contribution is -0.0940. The van der Waals surface area contributed by atoms with Gasteiger partial charge < -0.3 is 15.0 Å². The Labute approximate surface area is 122 Å². The van der Waals surface area contributed by atoms with E-state index < -0.39 is 0 Å². The van der Waals surface area contributed by atoms with Gasteiger partial charge in [0.2, 0.25) is 0 Å². The number of aryl methyl sites for hydroxylation is 2. The molecule has 4 heteroatoms. The van der Waals surface area contributed by atoms with Gasteiger partial charge in [0.05, 0.1) is 5.60 Å². The summed E-state index contributed by atoms with van der Waals surface area (Å²) in [7, 11) is 2.04. The highest BCUT2D eigenvalue weighted by molar-refractivity contribution is 4.98. The van der Waals surface area contributed by atoms with Crippen LogP contribution < -0.4 is 5.73 Å². The molecule has 0 aliphatic heterocycles. The van der Waals surface area contributed by atoms with E-state index in [4.69, 9.17) is 10.5 Å². The molecule has 3 unspecified atom stereocenters. The maximum absolute atomic E-state index is 6.54. The molecular weight excluding hydrogens is 250 g/mol. The third-order valence-corrected chi connectivity index (χ3v) is 4.70. The lowest BCUT2D eigenvalue weighted by Gasteiger charge is -2.44.